The van der Waals surface area contributed by atoms with Gasteiger partial charge in [0, 0.05) is 6.54 Å². The van der Waals surface area contributed by atoms with Crippen molar-refractivity contribution in [3.63, 3.8) is 0 Å². The topological polar surface area (TPSA) is 107 Å². The summed E-state index contributed by atoms with van der Waals surface area (Å²) in [5, 5.41) is 12.3. The van der Waals surface area contributed by atoms with E-state index in [9.17, 15) is 14.9 Å². The lowest BCUT2D eigenvalue weighted by Gasteiger charge is -2.13. The molecule has 2 rings (SSSR count). The van der Waals surface area contributed by atoms with Gasteiger partial charge < -0.3 is 24.3 Å². The van der Waals surface area contributed by atoms with Crippen molar-refractivity contribution in [1.29, 1.82) is 5.26 Å². The van der Waals surface area contributed by atoms with Crippen LogP contribution in [-0.4, -0.2) is 39.3 Å². The van der Waals surface area contributed by atoms with E-state index in [2.05, 4.69) is 5.32 Å². The number of hydrogen-bond donors (Lipinski definition) is 1. The van der Waals surface area contributed by atoms with Crippen molar-refractivity contribution in [2.75, 3.05) is 27.4 Å². The molecule has 1 amide bonds. The fourth-order valence-corrected chi connectivity index (χ4v) is 2.91. The van der Waals surface area contributed by atoms with E-state index in [0.29, 0.717) is 11.3 Å². The Morgan fingerprint density at radius 1 is 1.16 bits per heavy atom. The maximum Gasteiger partial charge on any atom is 0.344 e. The fraction of sp³-hybridized carbons (Fsp3) is 0.261. The number of ether oxygens (including phenoxy) is 4. The summed E-state index contributed by atoms with van der Waals surface area (Å²) in [6.45, 7) is 1.82. The van der Waals surface area contributed by atoms with Crippen LogP contribution in [0.3, 0.4) is 0 Å². The first-order valence-electron chi connectivity index (χ1n) is 9.60. The van der Waals surface area contributed by atoms with Crippen LogP contribution in [-0.2, 0) is 20.9 Å². The molecule has 0 saturated carbocycles. The summed E-state index contributed by atoms with van der Waals surface area (Å²) in [4.78, 5) is 24.0. The Bertz CT molecular complexity index is 1030. The smallest absolute Gasteiger partial charge is 0.344 e. The molecule has 0 saturated heterocycles. The van der Waals surface area contributed by atoms with Crippen LogP contribution in [0.2, 0.25) is 5.02 Å². The molecule has 0 fully saturated rings. The Labute approximate surface area is 191 Å². The highest BCUT2D eigenvalue weighted by Gasteiger charge is 2.15. The van der Waals surface area contributed by atoms with E-state index in [0.717, 1.165) is 5.56 Å². The van der Waals surface area contributed by atoms with Crippen molar-refractivity contribution < 1.29 is 28.5 Å². The van der Waals surface area contributed by atoms with Gasteiger partial charge in [-0.25, -0.2) is 4.79 Å². The molecule has 0 aromatic heterocycles. The third kappa shape index (κ3) is 6.93. The van der Waals surface area contributed by atoms with Gasteiger partial charge in [0.1, 0.15) is 17.4 Å². The first kappa shape index (κ1) is 24.6. The molecule has 0 unspecified atom stereocenters. The minimum Gasteiger partial charge on any atom is -0.497 e. The number of hydrogen-bond acceptors (Lipinski definition) is 7. The summed E-state index contributed by atoms with van der Waals surface area (Å²) in [7, 11) is 2.98. The fourth-order valence-electron chi connectivity index (χ4n) is 2.63. The quantitative estimate of drug-likeness (QED) is 0.329. The first-order chi connectivity index (χ1) is 15.4. The molecular formula is C23H23ClN2O6. The summed E-state index contributed by atoms with van der Waals surface area (Å²) in [6, 6.07) is 12.1. The second-order valence-corrected chi connectivity index (χ2v) is 6.74. The third-order valence-corrected chi connectivity index (χ3v) is 4.46. The average Bonchev–Trinajstić information content (AvgIpc) is 2.80. The van der Waals surface area contributed by atoms with Crippen LogP contribution in [0.4, 0.5) is 0 Å². The lowest BCUT2D eigenvalue weighted by Crippen LogP contribution is -2.23. The van der Waals surface area contributed by atoms with Crippen LogP contribution in [0.5, 0.6) is 17.2 Å². The number of amides is 1. The van der Waals surface area contributed by atoms with Crippen molar-refractivity contribution >= 4 is 29.6 Å². The molecular weight excluding hydrogens is 436 g/mol. The van der Waals surface area contributed by atoms with Gasteiger partial charge in [-0.3, -0.25) is 4.79 Å². The number of nitrogens with one attached hydrogen (secondary N) is 1. The Hall–Kier alpha value is -3.70. The molecule has 0 aliphatic rings. The SMILES string of the molecule is CCOC(=O)COc1c(Cl)cc(/C=C(/C#N)C(=O)NCc2ccc(OC)cc2)cc1OC. The highest BCUT2D eigenvalue weighted by Crippen LogP contribution is 2.37. The second kappa shape index (κ2) is 12.2. The number of carbonyl (C=O) groups is 2. The minimum atomic E-state index is -0.546. The number of halogens is 1. The van der Waals surface area contributed by atoms with Crippen LogP contribution in [0.1, 0.15) is 18.1 Å². The van der Waals surface area contributed by atoms with Crippen LogP contribution in [0.15, 0.2) is 42.0 Å². The lowest BCUT2D eigenvalue weighted by molar-refractivity contribution is -0.145. The molecule has 8 nitrogen and oxygen atoms in total. The summed E-state index contributed by atoms with van der Waals surface area (Å²) in [6.07, 6.45) is 1.38. The maximum absolute atomic E-state index is 12.5. The number of benzene rings is 2. The number of carbonyl (C=O) groups excluding carboxylic acids is 2. The standard InChI is InChI=1S/C23H23ClN2O6/c1-4-31-21(27)14-32-22-19(24)10-16(11-20(22)30-3)9-17(12-25)23(28)26-13-15-5-7-18(29-2)8-6-15/h5-11H,4,13-14H2,1-3H3,(H,26,28)/b17-9-. The zero-order valence-corrected chi connectivity index (χ0v) is 18.7. The summed E-state index contributed by atoms with van der Waals surface area (Å²) in [5.74, 6) is 0.0138. The van der Waals surface area contributed by atoms with E-state index in [-0.39, 0.29) is 41.9 Å². The number of rotatable bonds is 10. The van der Waals surface area contributed by atoms with E-state index in [1.807, 2.05) is 18.2 Å². The predicted octanol–water partition coefficient (Wildman–Crippen LogP) is 3.52. The molecule has 0 spiro atoms. The van der Waals surface area contributed by atoms with Crippen molar-refractivity contribution in [1.82, 2.24) is 5.32 Å². The Kier molecular flexibility index (Phi) is 9.39. The normalized spacial score (nSPS) is 10.7. The highest BCUT2D eigenvalue weighted by atomic mass is 35.5. The van der Waals surface area contributed by atoms with Gasteiger partial charge >= 0.3 is 5.97 Å². The van der Waals surface area contributed by atoms with E-state index in [1.165, 1.54) is 19.3 Å². The molecule has 0 aliphatic carbocycles. The molecule has 0 aliphatic heterocycles. The Balaban J connectivity index is 2.14. The number of esters is 1. The van der Waals surface area contributed by atoms with Crippen LogP contribution in [0, 0.1) is 11.3 Å². The van der Waals surface area contributed by atoms with Gasteiger partial charge in [-0.15, -0.1) is 0 Å². The van der Waals surface area contributed by atoms with Crippen molar-refractivity contribution in [3.8, 4) is 23.3 Å². The van der Waals surface area contributed by atoms with E-state index in [4.69, 9.17) is 30.5 Å². The zero-order valence-electron chi connectivity index (χ0n) is 17.9. The van der Waals surface area contributed by atoms with Gasteiger partial charge in [-0.1, -0.05) is 23.7 Å². The van der Waals surface area contributed by atoms with Gasteiger partial charge in [0.2, 0.25) is 0 Å². The molecule has 9 heteroatoms. The van der Waals surface area contributed by atoms with E-state index in [1.54, 1.807) is 32.2 Å². The molecule has 2 aromatic rings. The largest absolute Gasteiger partial charge is 0.497 e. The number of methoxy groups -OCH3 is 2. The number of nitriles is 1. The average molecular weight is 459 g/mol. The van der Waals surface area contributed by atoms with Gasteiger partial charge in [0.25, 0.3) is 5.91 Å². The van der Waals surface area contributed by atoms with Crippen molar-refractivity contribution in [2.45, 2.75) is 13.5 Å². The molecule has 32 heavy (non-hydrogen) atoms. The number of nitrogens with zero attached hydrogens (tertiary/aromatic N) is 1. The van der Waals surface area contributed by atoms with Crippen LogP contribution >= 0.6 is 11.6 Å². The molecule has 0 bridgehead atoms. The van der Waals surface area contributed by atoms with Crippen molar-refractivity contribution in [3.05, 3.63) is 58.1 Å². The molecule has 1 N–H and O–H groups in total. The monoisotopic (exact) mass is 458 g/mol. The van der Waals surface area contributed by atoms with Crippen LogP contribution < -0.4 is 19.5 Å². The summed E-state index contributed by atoms with van der Waals surface area (Å²) >= 11 is 6.27. The highest BCUT2D eigenvalue weighted by molar-refractivity contribution is 6.32. The Morgan fingerprint density at radius 2 is 1.88 bits per heavy atom. The lowest BCUT2D eigenvalue weighted by atomic mass is 10.1. The molecule has 2 aromatic carbocycles. The summed E-state index contributed by atoms with van der Waals surface area (Å²) in [5.41, 5.74) is 1.19. The second-order valence-electron chi connectivity index (χ2n) is 6.33. The minimum absolute atomic E-state index is 0.114. The Morgan fingerprint density at radius 3 is 2.47 bits per heavy atom. The van der Waals surface area contributed by atoms with E-state index < -0.39 is 11.9 Å². The van der Waals surface area contributed by atoms with Gasteiger partial charge in [-0.2, -0.15) is 5.26 Å². The van der Waals surface area contributed by atoms with Gasteiger partial charge in [-0.05, 0) is 48.4 Å². The zero-order chi connectivity index (χ0) is 23.5. The third-order valence-electron chi connectivity index (χ3n) is 4.18. The van der Waals surface area contributed by atoms with Crippen LogP contribution in [0.25, 0.3) is 6.08 Å². The van der Waals surface area contributed by atoms with E-state index >= 15 is 0 Å². The summed E-state index contributed by atoms with van der Waals surface area (Å²) < 4.78 is 20.6. The predicted molar refractivity (Wildman–Crippen MR) is 119 cm³/mol. The first-order valence-corrected chi connectivity index (χ1v) is 9.98. The molecule has 0 atom stereocenters. The molecule has 0 heterocycles. The molecule has 0 radical (unpaired) electrons. The maximum atomic E-state index is 12.5. The molecule has 168 valence electrons. The van der Waals surface area contributed by atoms with Gasteiger partial charge in [0.15, 0.2) is 18.1 Å². The van der Waals surface area contributed by atoms with Gasteiger partial charge in [0.05, 0.1) is 25.8 Å². The van der Waals surface area contributed by atoms with Crippen molar-refractivity contribution in [2.24, 2.45) is 0 Å².